The molecule has 1 aliphatic carbocycles. The number of rotatable bonds is 2. The molecule has 5 heteroatoms. The molecule has 0 saturated carbocycles. The second kappa shape index (κ2) is 6.28. The van der Waals surface area contributed by atoms with Crippen molar-refractivity contribution >= 4 is 5.91 Å². The summed E-state index contributed by atoms with van der Waals surface area (Å²) in [5.41, 5.74) is 4.59. The van der Waals surface area contributed by atoms with E-state index in [-0.39, 0.29) is 11.8 Å². The molecule has 1 aliphatic heterocycles. The third-order valence-electron chi connectivity index (χ3n) is 5.61. The highest BCUT2D eigenvalue weighted by molar-refractivity contribution is 5.84. The van der Waals surface area contributed by atoms with E-state index in [0.29, 0.717) is 12.5 Å². The molecule has 25 heavy (non-hydrogen) atoms. The van der Waals surface area contributed by atoms with Crippen molar-refractivity contribution in [3.63, 3.8) is 0 Å². The fraction of sp³-hybridized carbons (Fsp3) is 0.550. The lowest BCUT2D eigenvalue weighted by Crippen LogP contribution is -2.40. The molecule has 0 N–H and O–H groups in total. The van der Waals surface area contributed by atoms with Gasteiger partial charge < -0.3 is 9.47 Å². The van der Waals surface area contributed by atoms with E-state index in [2.05, 4.69) is 36.5 Å². The van der Waals surface area contributed by atoms with Crippen molar-refractivity contribution in [3.8, 4) is 0 Å². The highest BCUT2D eigenvalue weighted by Gasteiger charge is 2.34. The van der Waals surface area contributed by atoms with Gasteiger partial charge in [-0.25, -0.2) is 4.98 Å². The smallest absolute Gasteiger partial charge is 0.232 e. The number of hydrogen-bond donors (Lipinski definition) is 0. The average molecular weight is 338 g/mol. The van der Waals surface area contributed by atoms with Crippen molar-refractivity contribution in [1.29, 1.82) is 0 Å². The minimum absolute atomic E-state index is 0.0835. The van der Waals surface area contributed by atoms with E-state index >= 15 is 0 Å². The molecule has 132 valence electrons. The van der Waals surface area contributed by atoms with Crippen molar-refractivity contribution in [3.05, 3.63) is 46.8 Å². The maximum absolute atomic E-state index is 13.2. The van der Waals surface area contributed by atoms with Gasteiger partial charge in [0.2, 0.25) is 5.91 Å². The maximum atomic E-state index is 13.2. The molecule has 2 aromatic heterocycles. The molecule has 0 saturated heterocycles. The number of hydrogen-bond acceptors (Lipinski definition) is 3. The number of carbonyl (C=O) groups excluding carboxylic acids is 1. The van der Waals surface area contributed by atoms with Gasteiger partial charge in [-0.1, -0.05) is 19.9 Å². The van der Waals surface area contributed by atoms with E-state index in [1.807, 2.05) is 17.2 Å². The number of aryl methyl sites for hydroxylation is 1. The van der Waals surface area contributed by atoms with Crippen LogP contribution < -0.4 is 0 Å². The summed E-state index contributed by atoms with van der Waals surface area (Å²) in [5, 5.41) is 0. The highest BCUT2D eigenvalue weighted by Crippen LogP contribution is 2.33. The Hall–Kier alpha value is -2.17. The maximum Gasteiger partial charge on any atom is 0.232 e. The molecule has 3 heterocycles. The van der Waals surface area contributed by atoms with Gasteiger partial charge in [0.15, 0.2) is 0 Å². The van der Waals surface area contributed by atoms with Crippen LogP contribution in [0.4, 0.5) is 0 Å². The van der Waals surface area contributed by atoms with E-state index < -0.39 is 0 Å². The number of aromatic nitrogens is 3. The standard InChI is InChI=1S/C20H26N4O/c1-13(2)19-22-16-12-24(11-9-17(16)23(19)3)20(25)15-8-4-6-14-7-5-10-21-18(14)15/h5,7,10,13,15H,4,6,8-9,11-12H2,1-3H3. The molecule has 2 aliphatic rings. The van der Waals surface area contributed by atoms with Crippen LogP contribution in [-0.4, -0.2) is 31.9 Å². The monoisotopic (exact) mass is 338 g/mol. The molecule has 1 unspecified atom stereocenters. The van der Waals surface area contributed by atoms with Crippen LogP contribution in [0.1, 0.15) is 67.0 Å². The van der Waals surface area contributed by atoms with Crippen molar-refractivity contribution in [1.82, 2.24) is 19.4 Å². The Morgan fingerprint density at radius 3 is 2.96 bits per heavy atom. The Kier molecular flexibility index (Phi) is 4.10. The molecule has 2 aromatic rings. The summed E-state index contributed by atoms with van der Waals surface area (Å²) in [5.74, 6) is 1.65. The first-order chi connectivity index (χ1) is 12.1. The summed E-state index contributed by atoms with van der Waals surface area (Å²) >= 11 is 0. The van der Waals surface area contributed by atoms with Crippen LogP contribution in [0.5, 0.6) is 0 Å². The molecule has 4 rings (SSSR count). The zero-order chi connectivity index (χ0) is 17.6. The highest BCUT2D eigenvalue weighted by atomic mass is 16.2. The molecule has 0 bridgehead atoms. The molecule has 0 aromatic carbocycles. The summed E-state index contributed by atoms with van der Waals surface area (Å²) in [6.45, 7) is 5.75. The van der Waals surface area contributed by atoms with E-state index in [0.717, 1.165) is 49.4 Å². The van der Waals surface area contributed by atoms with Gasteiger partial charge >= 0.3 is 0 Å². The van der Waals surface area contributed by atoms with Gasteiger partial charge in [0.05, 0.1) is 23.9 Å². The first-order valence-electron chi connectivity index (χ1n) is 9.33. The number of carbonyl (C=O) groups is 1. The second-order valence-electron chi connectivity index (χ2n) is 7.58. The number of nitrogens with zero attached hydrogens (tertiary/aromatic N) is 4. The second-order valence-corrected chi connectivity index (χ2v) is 7.58. The zero-order valence-electron chi connectivity index (χ0n) is 15.3. The Morgan fingerprint density at radius 1 is 1.32 bits per heavy atom. The lowest BCUT2D eigenvalue weighted by Gasteiger charge is -2.32. The summed E-state index contributed by atoms with van der Waals surface area (Å²) < 4.78 is 2.22. The summed E-state index contributed by atoms with van der Waals surface area (Å²) in [6.07, 6.45) is 5.71. The molecular weight excluding hydrogens is 312 g/mol. The third-order valence-corrected chi connectivity index (χ3v) is 5.61. The molecule has 1 amide bonds. The molecule has 0 spiro atoms. The van der Waals surface area contributed by atoms with Gasteiger partial charge in [-0.15, -0.1) is 0 Å². The first kappa shape index (κ1) is 16.3. The lowest BCUT2D eigenvalue weighted by atomic mass is 9.85. The predicted molar refractivity (Wildman–Crippen MR) is 96.3 cm³/mol. The Labute approximate surface area is 149 Å². The van der Waals surface area contributed by atoms with Crippen LogP contribution in [0.25, 0.3) is 0 Å². The first-order valence-corrected chi connectivity index (χ1v) is 9.33. The van der Waals surface area contributed by atoms with Crippen LogP contribution >= 0.6 is 0 Å². The number of imidazole rings is 1. The van der Waals surface area contributed by atoms with Crippen LogP contribution in [0, 0.1) is 0 Å². The Balaban J connectivity index is 1.58. The minimum Gasteiger partial charge on any atom is -0.336 e. The van der Waals surface area contributed by atoms with Gasteiger partial charge in [0.25, 0.3) is 0 Å². The molecule has 0 fully saturated rings. The normalized spacial score (nSPS) is 19.7. The Bertz CT molecular complexity index is 808. The van der Waals surface area contributed by atoms with Gasteiger partial charge in [0, 0.05) is 37.8 Å². The fourth-order valence-electron chi connectivity index (χ4n) is 4.32. The Morgan fingerprint density at radius 2 is 2.16 bits per heavy atom. The lowest BCUT2D eigenvalue weighted by molar-refractivity contribution is -0.134. The van der Waals surface area contributed by atoms with E-state index in [4.69, 9.17) is 4.98 Å². The van der Waals surface area contributed by atoms with Crippen LogP contribution in [0.15, 0.2) is 18.3 Å². The fourth-order valence-corrected chi connectivity index (χ4v) is 4.32. The van der Waals surface area contributed by atoms with Gasteiger partial charge in [-0.05, 0) is 30.9 Å². The SMILES string of the molecule is CC(C)c1nc2c(n1C)CCN(C(=O)C1CCCc3cccnc31)C2. The molecule has 5 nitrogen and oxygen atoms in total. The van der Waals surface area contributed by atoms with Gasteiger partial charge in [0.1, 0.15) is 5.82 Å². The van der Waals surface area contributed by atoms with E-state index in [1.54, 1.807) is 0 Å². The minimum atomic E-state index is -0.0835. The van der Waals surface area contributed by atoms with E-state index in [1.165, 1.54) is 11.3 Å². The van der Waals surface area contributed by atoms with Crippen molar-refractivity contribution in [2.75, 3.05) is 6.54 Å². The van der Waals surface area contributed by atoms with Gasteiger partial charge in [-0.2, -0.15) is 0 Å². The quantitative estimate of drug-likeness (QED) is 0.846. The van der Waals surface area contributed by atoms with Crippen LogP contribution in [-0.2, 0) is 31.2 Å². The van der Waals surface area contributed by atoms with Crippen LogP contribution in [0.3, 0.4) is 0 Å². The predicted octanol–water partition coefficient (Wildman–Crippen LogP) is 2.94. The average Bonchev–Trinajstić information content (AvgIpc) is 2.97. The van der Waals surface area contributed by atoms with Crippen molar-refractivity contribution < 1.29 is 4.79 Å². The van der Waals surface area contributed by atoms with Gasteiger partial charge in [-0.3, -0.25) is 9.78 Å². The molecular formula is C20H26N4O. The van der Waals surface area contributed by atoms with Crippen molar-refractivity contribution in [2.45, 2.75) is 57.9 Å². The molecule has 1 atom stereocenters. The number of fused-ring (bicyclic) bond motifs is 2. The van der Waals surface area contributed by atoms with Crippen molar-refractivity contribution in [2.24, 2.45) is 7.05 Å². The number of amides is 1. The largest absolute Gasteiger partial charge is 0.336 e. The molecule has 0 radical (unpaired) electrons. The topological polar surface area (TPSA) is 51.0 Å². The number of pyridine rings is 1. The summed E-state index contributed by atoms with van der Waals surface area (Å²) in [4.78, 5) is 24.6. The summed E-state index contributed by atoms with van der Waals surface area (Å²) in [7, 11) is 2.10. The van der Waals surface area contributed by atoms with E-state index in [9.17, 15) is 4.79 Å². The zero-order valence-corrected chi connectivity index (χ0v) is 15.3. The third kappa shape index (κ3) is 2.75. The van der Waals surface area contributed by atoms with Crippen LogP contribution in [0.2, 0.25) is 0 Å². The summed E-state index contributed by atoms with van der Waals surface area (Å²) in [6, 6.07) is 4.09.